The molecule has 28 heavy (non-hydrogen) atoms. The predicted molar refractivity (Wildman–Crippen MR) is 107 cm³/mol. The molecule has 0 saturated carbocycles. The number of nitrogens with one attached hydrogen (secondary N) is 2. The molecule has 6 nitrogen and oxygen atoms in total. The Bertz CT molecular complexity index is 673. The van der Waals surface area contributed by atoms with Crippen molar-refractivity contribution in [2.45, 2.75) is 32.2 Å². The molecule has 1 amide bonds. The minimum absolute atomic E-state index is 0.117. The van der Waals surface area contributed by atoms with Crippen molar-refractivity contribution in [3.05, 3.63) is 35.4 Å². The number of amides is 1. The maximum atomic E-state index is 13.7. The van der Waals surface area contributed by atoms with Crippen LogP contribution in [0, 0.1) is 11.6 Å². The molecule has 0 bridgehead atoms. The second-order valence-electron chi connectivity index (χ2n) is 7.23. The number of likely N-dealkylation sites (tertiary alicyclic amines) is 1. The smallest absolute Gasteiger partial charge is 0.236 e. The Balaban J connectivity index is 1.83. The number of benzene rings is 1. The monoisotopic (exact) mass is 395 g/mol. The number of nitrogens with zero attached hydrogens (tertiary/aromatic N) is 3. The van der Waals surface area contributed by atoms with Crippen molar-refractivity contribution in [1.82, 2.24) is 20.4 Å². The van der Waals surface area contributed by atoms with E-state index < -0.39 is 11.6 Å². The summed E-state index contributed by atoms with van der Waals surface area (Å²) in [6.45, 7) is 5.23. The molecule has 0 spiro atoms. The molecule has 2 rings (SSSR count). The number of likely N-dealkylation sites (N-methyl/N-ethyl adjacent to an activating group) is 1. The van der Waals surface area contributed by atoms with Crippen LogP contribution in [0.3, 0.4) is 0 Å². The van der Waals surface area contributed by atoms with Crippen LogP contribution in [-0.2, 0) is 11.2 Å². The molecule has 1 heterocycles. The largest absolute Gasteiger partial charge is 0.357 e. The van der Waals surface area contributed by atoms with Gasteiger partial charge in [0.05, 0.1) is 6.54 Å². The molecule has 2 N–H and O–H groups in total. The molecule has 1 aromatic carbocycles. The molecular formula is C20H31F2N5O. The zero-order chi connectivity index (χ0) is 20.5. The van der Waals surface area contributed by atoms with E-state index in [1.165, 1.54) is 6.07 Å². The molecule has 1 aliphatic heterocycles. The van der Waals surface area contributed by atoms with E-state index in [9.17, 15) is 13.6 Å². The first-order valence-electron chi connectivity index (χ1n) is 9.80. The highest BCUT2D eigenvalue weighted by atomic mass is 19.1. The van der Waals surface area contributed by atoms with Crippen LogP contribution in [0.15, 0.2) is 23.2 Å². The number of piperidine rings is 1. The fourth-order valence-corrected chi connectivity index (χ4v) is 3.10. The van der Waals surface area contributed by atoms with Gasteiger partial charge in [-0.05, 0) is 49.9 Å². The van der Waals surface area contributed by atoms with Crippen LogP contribution in [0.4, 0.5) is 8.78 Å². The van der Waals surface area contributed by atoms with Gasteiger partial charge in [0.2, 0.25) is 5.91 Å². The summed E-state index contributed by atoms with van der Waals surface area (Å²) in [6.07, 6.45) is 2.18. The van der Waals surface area contributed by atoms with Crippen molar-refractivity contribution in [2.24, 2.45) is 4.99 Å². The maximum Gasteiger partial charge on any atom is 0.236 e. The average Bonchev–Trinajstić information content (AvgIpc) is 2.66. The van der Waals surface area contributed by atoms with E-state index in [1.54, 1.807) is 19.0 Å². The highest BCUT2D eigenvalue weighted by molar-refractivity contribution is 5.80. The molecule has 0 aliphatic carbocycles. The lowest BCUT2D eigenvalue weighted by atomic mass is 10.1. The SMILES string of the molecule is CCNC(=NCCc1cc(F)ccc1F)NC1CCN(CC(=O)N(C)C)CC1. The zero-order valence-electron chi connectivity index (χ0n) is 17.0. The fourth-order valence-electron chi connectivity index (χ4n) is 3.10. The normalized spacial score (nSPS) is 16.1. The third kappa shape index (κ3) is 7.07. The fraction of sp³-hybridized carbons (Fsp3) is 0.600. The van der Waals surface area contributed by atoms with Crippen LogP contribution in [0.1, 0.15) is 25.3 Å². The Hall–Kier alpha value is -2.22. The third-order valence-electron chi connectivity index (χ3n) is 4.79. The van der Waals surface area contributed by atoms with Crippen LogP contribution >= 0.6 is 0 Å². The number of aliphatic imine (C=N–C) groups is 1. The summed E-state index contributed by atoms with van der Waals surface area (Å²) in [5.41, 5.74) is 0.332. The Kier molecular flexibility index (Phi) is 8.63. The molecule has 1 aromatic rings. The van der Waals surface area contributed by atoms with Gasteiger partial charge in [-0.2, -0.15) is 0 Å². The average molecular weight is 395 g/mol. The third-order valence-corrected chi connectivity index (χ3v) is 4.79. The number of hydrogen-bond donors (Lipinski definition) is 2. The van der Waals surface area contributed by atoms with E-state index >= 15 is 0 Å². The summed E-state index contributed by atoms with van der Waals surface area (Å²) in [6, 6.07) is 3.75. The quantitative estimate of drug-likeness (QED) is 0.544. The summed E-state index contributed by atoms with van der Waals surface area (Å²) in [5, 5.41) is 6.61. The second kappa shape index (κ2) is 10.9. The van der Waals surface area contributed by atoms with Gasteiger partial charge in [0.15, 0.2) is 5.96 Å². The van der Waals surface area contributed by atoms with Crippen molar-refractivity contribution in [3.8, 4) is 0 Å². The standard InChI is InChI=1S/C20H31F2N5O/c1-4-23-20(24-10-7-15-13-16(21)5-6-18(15)22)25-17-8-11-27(12-9-17)14-19(28)26(2)3/h5-6,13,17H,4,7-12,14H2,1-3H3,(H2,23,24,25). The zero-order valence-corrected chi connectivity index (χ0v) is 17.0. The second-order valence-corrected chi connectivity index (χ2v) is 7.23. The first kappa shape index (κ1) is 22.1. The van der Waals surface area contributed by atoms with Crippen LogP contribution in [-0.4, -0.2) is 74.5 Å². The van der Waals surface area contributed by atoms with Crippen LogP contribution in [0.2, 0.25) is 0 Å². The van der Waals surface area contributed by atoms with E-state index in [1.807, 2.05) is 6.92 Å². The number of halogens is 2. The van der Waals surface area contributed by atoms with Gasteiger partial charge >= 0.3 is 0 Å². The number of carbonyl (C=O) groups excluding carboxylic acids is 1. The van der Waals surface area contributed by atoms with Crippen LogP contribution < -0.4 is 10.6 Å². The Morgan fingerprint density at radius 1 is 1.29 bits per heavy atom. The minimum atomic E-state index is -0.440. The number of guanidine groups is 1. The van der Waals surface area contributed by atoms with E-state index in [0.29, 0.717) is 31.0 Å². The van der Waals surface area contributed by atoms with E-state index in [0.717, 1.165) is 44.6 Å². The summed E-state index contributed by atoms with van der Waals surface area (Å²) in [7, 11) is 3.54. The molecule has 8 heteroatoms. The molecule has 0 radical (unpaired) electrons. The van der Waals surface area contributed by atoms with Crippen molar-refractivity contribution < 1.29 is 13.6 Å². The van der Waals surface area contributed by atoms with Gasteiger partial charge < -0.3 is 15.5 Å². The summed E-state index contributed by atoms with van der Waals surface area (Å²) in [5.74, 6) is -0.0489. The highest BCUT2D eigenvalue weighted by Crippen LogP contribution is 2.11. The van der Waals surface area contributed by atoms with Crippen molar-refractivity contribution in [2.75, 3.05) is 46.8 Å². The molecule has 0 unspecified atom stereocenters. The summed E-state index contributed by atoms with van der Waals surface area (Å²) < 4.78 is 27.0. The number of carbonyl (C=O) groups is 1. The van der Waals surface area contributed by atoms with Crippen molar-refractivity contribution in [3.63, 3.8) is 0 Å². The predicted octanol–water partition coefficient (Wildman–Crippen LogP) is 1.62. The maximum absolute atomic E-state index is 13.7. The lowest BCUT2D eigenvalue weighted by Gasteiger charge is -2.33. The number of hydrogen-bond acceptors (Lipinski definition) is 3. The minimum Gasteiger partial charge on any atom is -0.357 e. The van der Waals surface area contributed by atoms with Crippen molar-refractivity contribution in [1.29, 1.82) is 0 Å². The van der Waals surface area contributed by atoms with Gasteiger partial charge in [0.25, 0.3) is 0 Å². The van der Waals surface area contributed by atoms with Gasteiger partial charge in [-0.25, -0.2) is 8.78 Å². The topological polar surface area (TPSA) is 60.0 Å². The Labute approximate surface area is 166 Å². The summed E-state index contributed by atoms with van der Waals surface area (Å²) in [4.78, 5) is 20.1. The van der Waals surface area contributed by atoms with Gasteiger partial charge in [0.1, 0.15) is 11.6 Å². The first-order valence-corrected chi connectivity index (χ1v) is 9.80. The lowest BCUT2D eigenvalue weighted by molar-refractivity contribution is -0.130. The Morgan fingerprint density at radius 2 is 2.00 bits per heavy atom. The molecule has 0 aromatic heterocycles. The number of rotatable bonds is 7. The van der Waals surface area contributed by atoms with Gasteiger partial charge in [-0.15, -0.1) is 0 Å². The van der Waals surface area contributed by atoms with Gasteiger partial charge in [-0.3, -0.25) is 14.7 Å². The molecule has 0 atom stereocenters. The molecular weight excluding hydrogens is 364 g/mol. The molecule has 1 aliphatic rings. The first-order chi connectivity index (χ1) is 13.4. The molecule has 1 fully saturated rings. The van der Waals surface area contributed by atoms with E-state index in [2.05, 4.69) is 20.5 Å². The van der Waals surface area contributed by atoms with Gasteiger partial charge in [0, 0.05) is 46.3 Å². The van der Waals surface area contributed by atoms with Gasteiger partial charge in [-0.1, -0.05) is 0 Å². The molecule has 156 valence electrons. The Morgan fingerprint density at radius 3 is 2.64 bits per heavy atom. The highest BCUT2D eigenvalue weighted by Gasteiger charge is 2.22. The van der Waals surface area contributed by atoms with Crippen LogP contribution in [0.25, 0.3) is 0 Å². The summed E-state index contributed by atoms with van der Waals surface area (Å²) >= 11 is 0. The lowest BCUT2D eigenvalue weighted by Crippen LogP contribution is -2.50. The van der Waals surface area contributed by atoms with E-state index in [-0.39, 0.29) is 11.9 Å². The van der Waals surface area contributed by atoms with Crippen molar-refractivity contribution >= 4 is 11.9 Å². The van der Waals surface area contributed by atoms with Crippen LogP contribution in [0.5, 0.6) is 0 Å². The molecule has 1 saturated heterocycles. The van der Waals surface area contributed by atoms with E-state index in [4.69, 9.17) is 0 Å².